The minimum Gasteiger partial charge on any atom is -0.486 e. The summed E-state index contributed by atoms with van der Waals surface area (Å²) in [4.78, 5) is 30.9. The van der Waals surface area contributed by atoms with E-state index in [1.807, 2.05) is 84.2 Å². The van der Waals surface area contributed by atoms with Crippen LogP contribution in [0, 0.1) is 0 Å². The smallest absolute Gasteiger partial charge is 0.338 e. The largest absolute Gasteiger partial charge is 0.486 e. The number of nitrogens with one attached hydrogen (secondary N) is 1. The van der Waals surface area contributed by atoms with Crippen LogP contribution in [0.5, 0.6) is 0 Å². The van der Waals surface area contributed by atoms with Crippen molar-refractivity contribution in [1.82, 2.24) is 9.88 Å². The third-order valence-electron chi connectivity index (χ3n) is 7.28. The van der Waals surface area contributed by atoms with Gasteiger partial charge in [0.05, 0.1) is 18.7 Å². The Labute approximate surface area is 251 Å². The van der Waals surface area contributed by atoms with Crippen LogP contribution in [0.3, 0.4) is 0 Å². The molecule has 0 bridgehead atoms. The Morgan fingerprint density at radius 3 is 2.45 bits per heavy atom. The van der Waals surface area contributed by atoms with E-state index in [0.29, 0.717) is 30.9 Å². The predicted octanol–water partition coefficient (Wildman–Crippen LogP) is 6.52. The molecule has 1 amide bonds. The summed E-state index contributed by atoms with van der Waals surface area (Å²) in [6, 6.07) is 1.99. The van der Waals surface area contributed by atoms with Gasteiger partial charge >= 0.3 is 5.97 Å². The van der Waals surface area contributed by atoms with Crippen LogP contribution in [0.1, 0.15) is 92.7 Å². The van der Waals surface area contributed by atoms with Crippen LogP contribution in [0.4, 0.5) is 5.82 Å². The van der Waals surface area contributed by atoms with E-state index in [2.05, 4.69) is 19.2 Å². The molecule has 0 unspecified atom stereocenters. The fourth-order valence-corrected chi connectivity index (χ4v) is 5.34. The number of ether oxygens (including phenoxy) is 2. The number of anilines is 1. The lowest BCUT2D eigenvalue weighted by molar-refractivity contribution is -0.153. The normalized spacial score (nSPS) is 18.8. The number of carbonyl (C=O) groups excluding carboxylic acids is 2. The van der Waals surface area contributed by atoms with E-state index in [1.165, 1.54) is 0 Å². The Bertz CT molecular complexity index is 1340. The van der Waals surface area contributed by atoms with Crippen molar-refractivity contribution in [2.45, 2.75) is 98.8 Å². The number of rotatable bonds is 11. The Kier molecular flexibility index (Phi) is 10.6. The number of nitrogens with zero attached hydrogens (tertiary/aromatic N) is 2. The van der Waals surface area contributed by atoms with Crippen molar-refractivity contribution < 1.29 is 19.1 Å². The molecule has 8 heteroatoms. The van der Waals surface area contributed by atoms with Crippen LogP contribution >= 0.6 is 0 Å². The number of hydrogen-bond acceptors (Lipinski definition) is 7. The Morgan fingerprint density at radius 2 is 1.90 bits per heavy atom. The molecule has 1 aromatic rings. The van der Waals surface area contributed by atoms with Crippen LogP contribution in [-0.2, 0) is 19.1 Å². The van der Waals surface area contributed by atoms with Crippen molar-refractivity contribution in [1.29, 1.82) is 0 Å². The van der Waals surface area contributed by atoms with E-state index in [-0.39, 0.29) is 18.0 Å². The standard InChI is InChI=1S/C34H48N4O4/c1-10-13-24(15-16-26-22(4)18-33(6,7)42-32(26)40)37-31-17-27(29(12-3)34(8,9)35)28(19-36-31)30(14-11-2)41-25-20-38(21-25)23(5)39/h12-17,19,25H,10-11,18,20-21,35H2,1-9H3,(H,36,37)/b16-15-,24-13-,29-12+,30-14-. The van der Waals surface area contributed by atoms with Crippen LogP contribution in [0.15, 0.2) is 59.5 Å². The van der Waals surface area contributed by atoms with Gasteiger partial charge in [-0.2, -0.15) is 0 Å². The van der Waals surface area contributed by atoms with Crippen molar-refractivity contribution in [3.63, 3.8) is 0 Å². The van der Waals surface area contributed by atoms with E-state index < -0.39 is 11.1 Å². The zero-order valence-electron chi connectivity index (χ0n) is 26.8. The van der Waals surface area contributed by atoms with Crippen molar-refractivity contribution >= 4 is 29.0 Å². The van der Waals surface area contributed by atoms with Crippen molar-refractivity contribution in [3.05, 3.63) is 70.6 Å². The fraction of sp³-hybridized carbons (Fsp3) is 0.500. The van der Waals surface area contributed by atoms with Crippen LogP contribution in [-0.4, -0.2) is 52.1 Å². The van der Waals surface area contributed by atoms with E-state index >= 15 is 0 Å². The zero-order chi connectivity index (χ0) is 31.2. The first-order valence-corrected chi connectivity index (χ1v) is 14.9. The molecule has 228 valence electrons. The number of allylic oxidation sites excluding steroid dienone is 4. The highest BCUT2D eigenvalue weighted by molar-refractivity contribution is 5.93. The zero-order valence-corrected chi connectivity index (χ0v) is 26.8. The van der Waals surface area contributed by atoms with Gasteiger partial charge in [0.25, 0.3) is 0 Å². The summed E-state index contributed by atoms with van der Waals surface area (Å²) >= 11 is 0. The first-order valence-electron chi connectivity index (χ1n) is 14.9. The molecule has 0 spiro atoms. The highest BCUT2D eigenvalue weighted by atomic mass is 16.6. The molecule has 0 saturated carbocycles. The van der Waals surface area contributed by atoms with Gasteiger partial charge in [0, 0.05) is 36.3 Å². The van der Waals surface area contributed by atoms with Gasteiger partial charge in [0.2, 0.25) is 5.91 Å². The summed E-state index contributed by atoms with van der Waals surface area (Å²) in [5.74, 6) is 1.11. The Morgan fingerprint density at radius 1 is 1.24 bits per heavy atom. The summed E-state index contributed by atoms with van der Waals surface area (Å²) in [5.41, 5.74) is 10.6. The third-order valence-corrected chi connectivity index (χ3v) is 7.28. The van der Waals surface area contributed by atoms with Crippen LogP contribution < -0.4 is 11.1 Å². The number of likely N-dealkylation sites (tertiary alicyclic amines) is 1. The second kappa shape index (κ2) is 13.6. The molecule has 2 aliphatic heterocycles. The highest BCUT2D eigenvalue weighted by Gasteiger charge is 2.33. The maximum absolute atomic E-state index is 12.7. The maximum atomic E-state index is 12.7. The lowest BCUT2D eigenvalue weighted by atomic mass is 9.86. The topological polar surface area (TPSA) is 107 Å². The molecule has 0 aliphatic carbocycles. The molecule has 3 heterocycles. The number of hydrogen-bond donors (Lipinski definition) is 2. The first-order chi connectivity index (χ1) is 19.7. The molecule has 42 heavy (non-hydrogen) atoms. The molecule has 3 rings (SSSR count). The minimum absolute atomic E-state index is 0.0513. The minimum atomic E-state index is -0.623. The van der Waals surface area contributed by atoms with E-state index in [1.54, 1.807) is 11.8 Å². The molecule has 0 radical (unpaired) electrons. The van der Waals surface area contributed by atoms with Gasteiger partial charge < -0.3 is 25.4 Å². The predicted molar refractivity (Wildman–Crippen MR) is 170 cm³/mol. The number of esters is 1. The molecule has 1 aromatic heterocycles. The molecule has 0 aromatic carbocycles. The number of pyridine rings is 1. The SMILES string of the molecule is C/C=C(\c1cc(NC(/C=C\C2=C(C)CC(C)(C)OC2=O)=C\CC)ncc1/C(=C/CC)OC1CN(C(C)=O)C1)C(C)(C)N. The second-order valence-electron chi connectivity index (χ2n) is 12.2. The van der Waals surface area contributed by atoms with Crippen molar-refractivity contribution in [2.75, 3.05) is 18.4 Å². The van der Waals surface area contributed by atoms with E-state index in [9.17, 15) is 9.59 Å². The molecule has 0 atom stereocenters. The molecule has 8 nitrogen and oxygen atoms in total. The number of carbonyl (C=O) groups is 2. The monoisotopic (exact) mass is 576 g/mol. The maximum Gasteiger partial charge on any atom is 0.338 e. The molecule has 3 N–H and O–H groups in total. The number of nitrogens with two attached hydrogens (primary N) is 1. The summed E-state index contributed by atoms with van der Waals surface area (Å²) < 4.78 is 12.0. The molecular weight excluding hydrogens is 528 g/mol. The Hall–Kier alpha value is -3.65. The van der Waals surface area contributed by atoms with Crippen molar-refractivity contribution in [2.24, 2.45) is 5.73 Å². The molecule has 1 fully saturated rings. The third kappa shape index (κ3) is 8.22. The Balaban J connectivity index is 1.97. The summed E-state index contributed by atoms with van der Waals surface area (Å²) in [5, 5.41) is 3.43. The lowest BCUT2D eigenvalue weighted by Gasteiger charge is -2.39. The lowest BCUT2D eigenvalue weighted by Crippen LogP contribution is -2.53. The number of aromatic nitrogens is 1. The van der Waals surface area contributed by atoms with Crippen molar-refractivity contribution in [3.8, 4) is 0 Å². The molecule has 1 saturated heterocycles. The average Bonchev–Trinajstić information content (AvgIpc) is 2.83. The van der Waals surface area contributed by atoms with Gasteiger partial charge in [-0.3, -0.25) is 4.79 Å². The average molecular weight is 577 g/mol. The molecular formula is C34H48N4O4. The summed E-state index contributed by atoms with van der Waals surface area (Å²) in [6.45, 7) is 18.6. The molecule has 2 aliphatic rings. The van der Waals surface area contributed by atoms with E-state index in [4.69, 9.17) is 20.2 Å². The van der Waals surface area contributed by atoms with Gasteiger partial charge in [-0.15, -0.1) is 0 Å². The quantitative estimate of drug-likeness (QED) is 0.175. The summed E-state index contributed by atoms with van der Waals surface area (Å²) in [7, 11) is 0. The summed E-state index contributed by atoms with van der Waals surface area (Å²) in [6.07, 6.45) is 13.8. The van der Waals surface area contributed by atoms with Gasteiger partial charge in [0.15, 0.2) is 0 Å². The van der Waals surface area contributed by atoms with Gasteiger partial charge in [-0.25, -0.2) is 9.78 Å². The van der Waals surface area contributed by atoms with Gasteiger partial charge in [0.1, 0.15) is 23.3 Å². The van der Waals surface area contributed by atoms with Gasteiger partial charge in [-0.1, -0.05) is 31.6 Å². The highest BCUT2D eigenvalue weighted by Crippen LogP contribution is 2.35. The second-order valence-corrected chi connectivity index (χ2v) is 12.2. The van der Waals surface area contributed by atoms with Crippen LogP contribution in [0.2, 0.25) is 0 Å². The van der Waals surface area contributed by atoms with Crippen LogP contribution in [0.25, 0.3) is 11.3 Å². The number of amides is 1. The number of cyclic esters (lactones) is 1. The van der Waals surface area contributed by atoms with Gasteiger partial charge in [-0.05, 0) is 89.8 Å². The first kappa shape index (κ1) is 32.9. The van der Waals surface area contributed by atoms with E-state index in [0.717, 1.165) is 46.6 Å². The fourth-order valence-electron chi connectivity index (χ4n) is 5.34.